The molecular formula is C31H36F3N5O. The molecule has 0 bridgehead atoms. The highest BCUT2D eigenvalue weighted by molar-refractivity contribution is 6.10. The first kappa shape index (κ1) is 27.0. The minimum atomic E-state index is -4.55. The lowest BCUT2D eigenvalue weighted by Crippen LogP contribution is -2.47. The van der Waals surface area contributed by atoms with Crippen LogP contribution < -0.4 is 10.2 Å². The van der Waals surface area contributed by atoms with Gasteiger partial charge in [0.2, 0.25) is 0 Å². The fraction of sp³-hybridized carbons (Fsp3) is 0.516. The first-order valence-corrected chi connectivity index (χ1v) is 14.4. The lowest BCUT2D eigenvalue weighted by molar-refractivity contribution is -0.138. The molecule has 1 aliphatic heterocycles. The number of amides is 1. The van der Waals surface area contributed by atoms with Crippen LogP contribution in [0.15, 0.2) is 42.7 Å². The van der Waals surface area contributed by atoms with Crippen LogP contribution in [-0.2, 0) is 26.3 Å². The molecule has 1 aromatic heterocycles. The highest BCUT2D eigenvalue weighted by Gasteiger charge is 2.41. The number of rotatable bonds is 7. The van der Waals surface area contributed by atoms with Gasteiger partial charge in [-0.3, -0.25) is 4.79 Å². The molecular weight excluding hydrogens is 515 g/mol. The van der Waals surface area contributed by atoms with Gasteiger partial charge < -0.3 is 14.8 Å². The number of hydrogen-bond acceptors (Lipinski definition) is 4. The number of halogens is 3. The molecule has 1 amide bonds. The zero-order valence-electron chi connectivity index (χ0n) is 23.1. The molecule has 2 heterocycles. The largest absolute Gasteiger partial charge is 0.416 e. The number of nitrogens with one attached hydrogen (secondary N) is 1. The highest BCUT2D eigenvalue weighted by Crippen LogP contribution is 2.43. The number of hydrogen-bond donors (Lipinski definition) is 1. The van der Waals surface area contributed by atoms with Gasteiger partial charge in [0.1, 0.15) is 12.2 Å². The van der Waals surface area contributed by atoms with Gasteiger partial charge in [-0.1, -0.05) is 31.4 Å². The van der Waals surface area contributed by atoms with Gasteiger partial charge >= 0.3 is 6.18 Å². The zero-order chi connectivity index (χ0) is 28.1. The number of aromatic nitrogens is 3. The van der Waals surface area contributed by atoms with E-state index < -0.39 is 11.7 Å². The Labute approximate surface area is 233 Å². The van der Waals surface area contributed by atoms with E-state index in [4.69, 9.17) is 0 Å². The fourth-order valence-corrected chi connectivity index (χ4v) is 6.79. The van der Waals surface area contributed by atoms with E-state index in [2.05, 4.69) is 22.4 Å². The van der Waals surface area contributed by atoms with Crippen LogP contribution in [0.4, 0.5) is 18.9 Å². The maximum absolute atomic E-state index is 14.2. The molecule has 6 rings (SSSR count). The van der Waals surface area contributed by atoms with E-state index in [1.54, 1.807) is 12.4 Å². The van der Waals surface area contributed by atoms with Crippen LogP contribution in [0.2, 0.25) is 0 Å². The van der Waals surface area contributed by atoms with Crippen molar-refractivity contribution in [1.82, 2.24) is 20.1 Å². The van der Waals surface area contributed by atoms with Crippen LogP contribution in [0.25, 0.3) is 0 Å². The summed E-state index contributed by atoms with van der Waals surface area (Å²) in [6.07, 6.45) is 5.99. The van der Waals surface area contributed by atoms with Gasteiger partial charge in [-0.25, -0.2) is 0 Å². The molecule has 6 nitrogen and oxygen atoms in total. The van der Waals surface area contributed by atoms with Crippen molar-refractivity contribution in [1.29, 1.82) is 0 Å². The third kappa shape index (κ3) is 5.04. The molecule has 0 radical (unpaired) electrons. The number of anilines is 1. The van der Waals surface area contributed by atoms with Gasteiger partial charge in [-0.2, -0.15) is 13.2 Å². The predicted octanol–water partition coefficient (Wildman–Crippen LogP) is 6.74. The molecule has 0 unspecified atom stereocenters. The van der Waals surface area contributed by atoms with E-state index in [-0.39, 0.29) is 35.0 Å². The average molecular weight is 552 g/mol. The smallest absolute Gasteiger partial charge is 0.320 e. The summed E-state index contributed by atoms with van der Waals surface area (Å²) in [5.74, 6) is 0.880. The molecule has 212 valence electrons. The molecule has 1 N–H and O–H groups in total. The second-order valence-electron chi connectivity index (χ2n) is 12.1. The van der Waals surface area contributed by atoms with Crippen LogP contribution >= 0.6 is 0 Å². The summed E-state index contributed by atoms with van der Waals surface area (Å²) in [6, 6.07) is 10.6. The topological polar surface area (TPSA) is 63.1 Å². The monoisotopic (exact) mass is 551 g/mol. The van der Waals surface area contributed by atoms with Gasteiger partial charge in [0.15, 0.2) is 0 Å². The molecule has 0 spiro atoms. The van der Waals surface area contributed by atoms with Crippen molar-refractivity contribution in [3.05, 3.63) is 76.4 Å². The van der Waals surface area contributed by atoms with E-state index in [1.807, 2.05) is 35.9 Å². The van der Waals surface area contributed by atoms with Crippen molar-refractivity contribution in [2.45, 2.75) is 89.0 Å². The predicted molar refractivity (Wildman–Crippen MR) is 147 cm³/mol. The highest BCUT2D eigenvalue weighted by atomic mass is 19.4. The van der Waals surface area contributed by atoms with Gasteiger partial charge in [0.05, 0.1) is 12.1 Å². The zero-order valence-corrected chi connectivity index (χ0v) is 23.1. The van der Waals surface area contributed by atoms with Crippen molar-refractivity contribution in [3.63, 3.8) is 0 Å². The van der Waals surface area contributed by atoms with Gasteiger partial charge in [0.25, 0.3) is 5.91 Å². The Hall–Kier alpha value is -3.20. The van der Waals surface area contributed by atoms with Crippen LogP contribution in [0.3, 0.4) is 0 Å². The Bertz CT molecular complexity index is 1400. The summed E-state index contributed by atoms with van der Waals surface area (Å²) in [4.78, 5) is 15.2. The number of aryl methyl sites for hydroxylation is 1. The molecule has 2 aromatic carbocycles. The molecule has 1 atom stereocenters. The number of benzene rings is 2. The lowest BCUT2D eigenvalue weighted by Gasteiger charge is -2.39. The minimum Gasteiger partial charge on any atom is -0.320 e. The molecule has 2 saturated carbocycles. The number of carbonyl (C=O) groups is 1. The normalized spacial score (nSPS) is 19.9. The first-order chi connectivity index (χ1) is 19.1. The van der Waals surface area contributed by atoms with Crippen LogP contribution in [-0.4, -0.2) is 26.2 Å². The maximum atomic E-state index is 14.2. The third-order valence-corrected chi connectivity index (χ3v) is 9.27. The van der Waals surface area contributed by atoms with E-state index in [1.165, 1.54) is 17.4 Å². The Morgan fingerprint density at radius 3 is 2.52 bits per heavy atom. The SMILES string of the molecule is Cn1cnnc1[C@@H](c1cccc(N2Cc3c(cc(CNC4(C)CCC4)cc3C(F)(F)F)C2=O)c1)C1CCCCC1. The van der Waals surface area contributed by atoms with Gasteiger partial charge in [-0.05, 0) is 85.9 Å². The summed E-state index contributed by atoms with van der Waals surface area (Å²) >= 11 is 0. The van der Waals surface area contributed by atoms with Crippen LogP contribution in [0, 0.1) is 5.92 Å². The molecule has 3 aromatic rings. The van der Waals surface area contributed by atoms with Crippen molar-refractivity contribution in [2.75, 3.05) is 4.90 Å². The second-order valence-corrected chi connectivity index (χ2v) is 12.1. The lowest BCUT2D eigenvalue weighted by atomic mass is 9.76. The fourth-order valence-electron chi connectivity index (χ4n) is 6.79. The van der Waals surface area contributed by atoms with Crippen molar-refractivity contribution < 1.29 is 18.0 Å². The van der Waals surface area contributed by atoms with Gasteiger partial charge in [0, 0.05) is 36.3 Å². The number of nitrogens with zero attached hydrogens (tertiary/aromatic N) is 4. The number of fused-ring (bicyclic) bond motifs is 1. The third-order valence-electron chi connectivity index (χ3n) is 9.27. The average Bonchev–Trinajstić information content (AvgIpc) is 3.49. The summed E-state index contributed by atoms with van der Waals surface area (Å²) in [6.45, 7) is 2.29. The summed E-state index contributed by atoms with van der Waals surface area (Å²) in [7, 11) is 1.94. The van der Waals surface area contributed by atoms with E-state index in [0.717, 1.165) is 56.3 Å². The quantitative estimate of drug-likeness (QED) is 0.353. The molecule has 2 fully saturated rings. The van der Waals surface area contributed by atoms with E-state index in [0.29, 0.717) is 23.7 Å². The van der Waals surface area contributed by atoms with E-state index in [9.17, 15) is 18.0 Å². The Kier molecular flexibility index (Phi) is 6.97. The molecule has 9 heteroatoms. The van der Waals surface area contributed by atoms with Crippen molar-refractivity contribution in [3.8, 4) is 0 Å². The van der Waals surface area contributed by atoms with Crippen molar-refractivity contribution >= 4 is 11.6 Å². The standard InChI is InChI=1S/C31H36F3N5O/c1-30(12-7-13-30)35-17-20-14-24-25(26(15-20)31(32,33)34)18-39(29(24)40)23-11-6-10-22(16-23)27(21-8-4-3-5-9-21)28-37-36-19-38(28)2/h6,10-11,14-16,19,21,27,35H,3-5,7-9,12-13,17-18H2,1-2H3/t27-/m1/s1. The molecule has 40 heavy (non-hydrogen) atoms. The first-order valence-electron chi connectivity index (χ1n) is 14.4. The van der Waals surface area contributed by atoms with E-state index >= 15 is 0 Å². The molecule has 0 saturated heterocycles. The summed E-state index contributed by atoms with van der Waals surface area (Å²) in [5.41, 5.74) is 1.54. The van der Waals surface area contributed by atoms with Crippen LogP contribution in [0.1, 0.15) is 103 Å². The second kappa shape index (κ2) is 10.3. The Balaban J connectivity index is 1.33. The summed E-state index contributed by atoms with van der Waals surface area (Å²) in [5, 5.41) is 12.0. The van der Waals surface area contributed by atoms with Crippen LogP contribution in [0.5, 0.6) is 0 Å². The van der Waals surface area contributed by atoms with Crippen molar-refractivity contribution in [2.24, 2.45) is 13.0 Å². The molecule has 3 aliphatic rings. The number of carbonyl (C=O) groups excluding carboxylic acids is 1. The maximum Gasteiger partial charge on any atom is 0.416 e. The Morgan fingerprint density at radius 1 is 1.10 bits per heavy atom. The molecule has 2 aliphatic carbocycles. The summed E-state index contributed by atoms with van der Waals surface area (Å²) < 4.78 is 44.7. The minimum absolute atomic E-state index is 0.00381. The van der Waals surface area contributed by atoms with Gasteiger partial charge in [-0.15, -0.1) is 10.2 Å². The Morgan fingerprint density at radius 2 is 1.88 bits per heavy atom. The number of alkyl halides is 3.